The average Bonchev–Trinajstić information content (AvgIpc) is 3.40. The molecule has 2 aromatic heterocycles. The lowest BCUT2D eigenvalue weighted by atomic mass is 10.0. The molecule has 0 radical (unpaired) electrons. The first-order valence-corrected chi connectivity index (χ1v) is 12.0. The van der Waals surface area contributed by atoms with Crippen molar-refractivity contribution in [1.29, 1.82) is 0 Å². The van der Waals surface area contributed by atoms with E-state index in [4.69, 9.17) is 19.5 Å². The van der Waals surface area contributed by atoms with Crippen LogP contribution in [0.4, 0.5) is 5.82 Å². The number of aliphatic hydroxyl groups excluding tert-OH is 2. The van der Waals surface area contributed by atoms with Crippen LogP contribution in [0.1, 0.15) is 31.9 Å². The molecule has 14 nitrogen and oxygen atoms in total. The highest BCUT2D eigenvalue weighted by Crippen LogP contribution is 2.48. The molecular formula is C18H29N6O8P. The van der Waals surface area contributed by atoms with Crippen LogP contribution in [0.15, 0.2) is 12.7 Å². The van der Waals surface area contributed by atoms with Gasteiger partial charge in [-0.05, 0) is 12.8 Å². The minimum absolute atomic E-state index is 0.127. The van der Waals surface area contributed by atoms with Crippen molar-refractivity contribution in [3.05, 3.63) is 12.7 Å². The number of nitrogens with two attached hydrogens (primary N) is 1. The van der Waals surface area contributed by atoms with E-state index in [2.05, 4.69) is 20.3 Å². The summed E-state index contributed by atoms with van der Waals surface area (Å²) in [6.45, 7) is -0.346. The molecule has 6 N–H and O–H groups in total. The lowest BCUT2D eigenvalue weighted by Gasteiger charge is -2.21. The maximum Gasteiger partial charge on any atom is 0.472 e. The Labute approximate surface area is 189 Å². The second-order valence-electron chi connectivity index (χ2n) is 7.65. The molecule has 1 saturated heterocycles. The number of unbranched alkanes of at least 4 members (excludes halogenated alkanes) is 1. The zero-order valence-electron chi connectivity index (χ0n) is 17.9. The molecule has 1 fully saturated rings. The van der Waals surface area contributed by atoms with Crippen LogP contribution in [0, 0.1) is 5.92 Å². The molecule has 1 aliphatic heterocycles. The van der Waals surface area contributed by atoms with Gasteiger partial charge in [0.05, 0.1) is 19.5 Å². The molecule has 1 aliphatic rings. The number of hydrogen-bond acceptors (Lipinski definition) is 11. The summed E-state index contributed by atoms with van der Waals surface area (Å²) >= 11 is 0. The van der Waals surface area contributed by atoms with Crippen LogP contribution in [-0.4, -0.2) is 79.6 Å². The zero-order valence-corrected chi connectivity index (χ0v) is 18.8. The van der Waals surface area contributed by atoms with E-state index in [1.807, 2.05) is 0 Å². The summed E-state index contributed by atoms with van der Waals surface area (Å²) in [5.41, 5.74) is 6.61. The van der Waals surface area contributed by atoms with Crippen LogP contribution < -0.4 is 11.1 Å². The van der Waals surface area contributed by atoms with E-state index < -0.39 is 32.9 Å². The summed E-state index contributed by atoms with van der Waals surface area (Å²) in [6, 6.07) is 0. The fourth-order valence-corrected chi connectivity index (χ4v) is 4.60. The molecule has 15 heteroatoms. The number of phosphoric ester groups is 1. The Balaban J connectivity index is 1.56. The topological polar surface area (TPSA) is 204 Å². The number of nitrogens with one attached hydrogen (secondary N) is 1. The number of rotatable bonds is 14. The molecule has 3 heterocycles. The van der Waals surface area contributed by atoms with Crippen molar-refractivity contribution < 1.29 is 38.3 Å². The number of aromatic nitrogens is 4. The van der Waals surface area contributed by atoms with Crippen molar-refractivity contribution in [3.8, 4) is 0 Å². The standard InChI is InChI=1S/C18H29N6O8P/c19-17-16-18(22-9-21-17)24(10-23-16)15-5-13(14(7-26)31-15)32-33(28,29)30-8-12(6-25)3-1-2-4-20-11-27/h9-15,25-26H,1-8H2,(H,20,27)(H,28,29)(H2,19,21,22)/t12?,13-,14+,15+/m0/s1. The SMILES string of the molecule is Nc1ncnc2c1ncn2[C@H]1C[C@H](OP(=O)(O)OCC(CO)CCCCNC=O)[C@@H](CO)O1. The molecule has 2 aromatic rings. The minimum Gasteiger partial charge on any atom is -0.396 e. The molecule has 184 valence electrons. The number of hydrogen-bond donors (Lipinski definition) is 5. The van der Waals surface area contributed by atoms with Crippen LogP contribution in [0.5, 0.6) is 0 Å². The Kier molecular flexibility index (Phi) is 9.09. The van der Waals surface area contributed by atoms with E-state index in [0.717, 1.165) is 0 Å². The molecule has 3 rings (SSSR count). The summed E-state index contributed by atoms with van der Waals surface area (Å²) in [7, 11) is -4.50. The number of imidazole rings is 1. The largest absolute Gasteiger partial charge is 0.472 e. The molecule has 0 spiro atoms. The Morgan fingerprint density at radius 2 is 2.18 bits per heavy atom. The molecule has 0 aromatic carbocycles. The first kappa shape index (κ1) is 25.4. The number of amides is 1. The van der Waals surface area contributed by atoms with Gasteiger partial charge >= 0.3 is 7.82 Å². The molecule has 1 amide bonds. The number of phosphoric acid groups is 1. The smallest absolute Gasteiger partial charge is 0.396 e. The van der Waals surface area contributed by atoms with Gasteiger partial charge in [-0.25, -0.2) is 19.5 Å². The summed E-state index contributed by atoms with van der Waals surface area (Å²) in [6.07, 6.45) is 2.95. The minimum atomic E-state index is -4.50. The second-order valence-corrected chi connectivity index (χ2v) is 9.06. The van der Waals surface area contributed by atoms with Crippen molar-refractivity contribution in [1.82, 2.24) is 24.8 Å². The quantitative estimate of drug-likeness (QED) is 0.132. The lowest BCUT2D eigenvalue weighted by Crippen LogP contribution is -2.27. The van der Waals surface area contributed by atoms with Crippen molar-refractivity contribution in [3.63, 3.8) is 0 Å². The third-order valence-corrected chi connectivity index (χ3v) is 6.34. The van der Waals surface area contributed by atoms with Gasteiger partial charge in [0.15, 0.2) is 11.5 Å². The lowest BCUT2D eigenvalue weighted by molar-refractivity contribution is -0.109. The van der Waals surface area contributed by atoms with Gasteiger partial charge in [-0.3, -0.25) is 18.4 Å². The highest BCUT2D eigenvalue weighted by Gasteiger charge is 2.42. The van der Waals surface area contributed by atoms with Crippen molar-refractivity contribution in [2.24, 2.45) is 5.92 Å². The maximum atomic E-state index is 12.5. The monoisotopic (exact) mass is 488 g/mol. The summed E-state index contributed by atoms with van der Waals surface area (Å²) in [5, 5.41) is 21.7. The van der Waals surface area contributed by atoms with E-state index in [1.165, 1.54) is 12.7 Å². The van der Waals surface area contributed by atoms with E-state index in [0.29, 0.717) is 43.4 Å². The van der Waals surface area contributed by atoms with E-state index in [9.17, 15) is 24.5 Å². The van der Waals surface area contributed by atoms with Gasteiger partial charge in [0.1, 0.15) is 30.3 Å². The van der Waals surface area contributed by atoms with Gasteiger partial charge in [-0.1, -0.05) is 6.42 Å². The molecule has 33 heavy (non-hydrogen) atoms. The third kappa shape index (κ3) is 6.67. The number of fused-ring (bicyclic) bond motifs is 1. The molecular weight excluding hydrogens is 459 g/mol. The average molecular weight is 488 g/mol. The van der Waals surface area contributed by atoms with Gasteiger partial charge in [0, 0.05) is 25.5 Å². The number of anilines is 1. The predicted molar refractivity (Wildman–Crippen MR) is 114 cm³/mol. The first-order chi connectivity index (χ1) is 15.9. The molecule has 0 bridgehead atoms. The zero-order chi connectivity index (χ0) is 23.8. The van der Waals surface area contributed by atoms with Crippen LogP contribution >= 0.6 is 7.82 Å². The van der Waals surface area contributed by atoms with Gasteiger partial charge in [-0.2, -0.15) is 0 Å². The first-order valence-electron chi connectivity index (χ1n) is 10.5. The predicted octanol–water partition coefficient (Wildman–Crippen LogP) is -0.285. The summed E-state index contributed by atoms with van der Waals surface area (Å²) in [5.74, 6) is -0.163. The van der Waals surface area contributed by atoms with Crippen LogP contribution in [0.2, 0.25) is 0 Å². The summed E-state index contributed by atoms with van der Waals surface area (Å²) < 4.78 is 30.3. The van der Waals surface area contributed by atoms with Crippen molar-refractivity contribution in [2.45, 2.75) is 44.1 Å². The van der Waals surface area contributed by atoms with E-state index >= 15 is 0 Å². The van der Waals surface area contributed by atoms with Crippen molar-refractivity contribution in [2.75, 3.05) is 32.1 Å². The molecule has 0 aliphatic carbocycles. The van der Waals surface area contributed by atoms with Gasteiger partial charge < -0.3 is 30.9 Å². The Bertz CT molecular complexity index is 961. The Morgan fingerprint density at radius 1 is 1.36 bits per heavy atom. The van der Waals surface area contributed by atoms with Crippen LogP contribution in [0.25, 0.3) is 11.2 Å². The van der Waals surface area contributed by atoms with Gasteiger partial charge in [-0.15, -0.1) is 0 Å². The van der Waals surface area contributed by atoms with Gasteiger partial charge in [0.2, 0.25) is 6.41 Å². The third-order valence-electron chi connectivity index (χ3n) is 5.32. The number of carbonyl (C=O) groups is 1. The number of aliphatic hydroxyl groups is 2. The van der Waals surface area contributed by atoms with Crippen LogP contribution in [-0.2, 0) is 23.1 Å². The Hall–Kier alpha value is -2.19. The fourth-order valence-electron chi connectivity index (χ4n) is 3.57. The van der Waals surface area contributed by atoms with Crippen molar-refractivity contribution >= 4 is 31.2 Å². The summed E-state index contributed by atoms with van der Waals surface area (Å²) in [4.78, 5) is 32.6. The second kappa shape index (κ2) is 11.8. The van der Waals surface area contributed by atoms with Gasteiger partial charge in [0.25, 0.3) is 0 Å². The highest BCUT2D eigenvalue weighted by molar-refractivity contribution is 7.47. The molecule has 5 atom stereocenters. The molecule has 2 unspecified atom stereocenters. The number of nitrogens with zero attached hydrogens (tertiary/aromatic N) is 4. The van der Waals surface area contributed by atoms with E-state index in [-0.39, 0.29) is 31.4 Å². The molecule has 0 saturated carbocycles. The maximum absolute atomic E-state index is 12.5. The fraction of sp³-hybridized carbons (Fsp3) is 0.667. The number of ether oxygens (including phenoxy) is 1. The van der Waals surface area contributed by atoms with Crippen LogP contribution in [0.3, 0.4) is 0 Å². The van der Waals surface area contributed by atoms with E-state index in [1.54, 1.807) is 4.57 Å². The highest BCUT2D eigenvalue weighted by atomic mass is 31.2. The number of carbonyl (C=O) groups excluding carboxylic acids is 1. The normalized spacial score (nSPS) is 23.4. The Morgan fingerprint density at radius 3 is 2.91 bits per heavy atom. The number of nitrogen functional groups attached to an aromatic ring is 1.